The van der Waals surface area contributed by atoms with Crippen molar-refractivity contribution in [2.75, 3.05) is 32.7 Å². The molecular weight excluding hydrogens is 392 g/mol. The van der Waals surface area contributed by atoms with Crippen molar-refractivity contribution in [3.8, 4) is 5.75 Å². The molecule has 0 atom stereocenters. The van der Waals surface area contributed by atoms with Crippen LogP contribution in [0.3, 0.4) is 0 Å². The van der Waals surface area contributed by atoms with Gasteiger partial charge < -0.3 is 19.2 Å². The van der Waals surface area contributed by atoms with E-state index in [4.69, 9.17) is 13.9 Å². The van der Waals surface area contributed by atoms with Crippen LogP contribution in [0.4, 0.5) is 5.88 Å². The predicted octanol–water partition coefficient (Wildman–Crippen LogP) is 3.74. The number of aromatic nitrogens is 1. The van der Waals surface area contributed by atoms with E-state index in [2.05, 4.69) is 10.3 Å². The number of nitrogens with zero attached hydrogens (tertiary/aromatic N) is 1. The van der Waals surface area contributed by atoms with Crippen molar-refractivity contribution in [2.24, 2.45) is 0 Å². The van der Waals surface area contributed by atoms with Crippen LogP contribution in [0.2, 0.25) is 0 Å². The Morgan fingerprint density at radius 3 is 2.59 bits per heavy atom. The van der Waals surface area contributed by atoms with E-state index in [0.29, 0.717) is 18.9 Å². The largest absolute Gasteiger partial charge is 0.497 e. The first kappa shape index (κ1) is 20.6. The highest BCUT2D eigenvalue weighted by Gasteiger charge is 2.27. The Bertz CT molecular complexity index is 1080. The van der Waals surface area contributed by atoms with Crippen LogP contribution in [0.5, 0.6) is 5.75 Å². The highest BCUT2D eigenvalue weighted by Crippen LogP contribution is 2.29. The van der Waals surface area contributed by atoms with Crippen molar-refractivity contribution in [2.45, 2.75) is 9.92 Å². The summed E-state index contributed by atoms with van der Waals surface area (Å²) in [6.45, 7) is 0.766. The third-order valence-electron chi connectivity index (χ3n) is 4.02. The minimum absolute atomic E-state index is 0.0798. The lowest BCUT2D eigenvalue weighted by Gasteiger charge is -2.05. The van der Waals surface area contributed by atoms with Crippen molar-refractivity contribution in [3.63, 3.8) is 0 Å². The summed E-state index contributed by atoms with van der Waals surface area (Å²) in [5, 5.41) is 2.78. The van der Waals surface area contributed by atoms with Gasteiger partial charge in [-0.25, -0.2) is 8.42 Å². The number of ether oxygens (including phenoxy) is 2. The molecule has 29 heavy (non-hydrogen) atoms. The van der Waals surface area contributed by atoms with Gasteiger partial charge in [-0.05, 0) is 35.9 Å². The second-order valence-electron chi connectivity index (χ2n) is 6.03. The van der Waals surface area contributed by atoms with E-state index in [-0.39, 0.29) is 21.7 Å². The Morgan fingerprint density at radius 1 is 1.07 bits per heavy atom. The molecule has 3 rings (SSSR count). The summed E-state index contributed by atoms with van der Waals surface area (Å²) in [7, 11) is -0.687. The first-order valence-electron chi connectivity index (χ1n) is 8.90. The van der Waals surface area contributed by atoms with Crippen LogP contribution in [-0.4, -0.2) is 40.8 Å². The molecular formula is C21H22N2O5S. The summed E-state index contributed by atoms with van der Waals surface area (Å²) in [6, 6.07) is 15.6. The maximum atomic E-state index is 13.0. The van der Waals surface area contributed by atoms with E-state index in [1.165, 1.54) is 12.1 Å². The molecule has 8 heteroatoms. The van der Waals surface area contributed by atoms with E-state index in [9.17, 15) is 8.42 Å². The molecule has 0 saturated carbocycles. The van der Waals surface area contributed by atoms with E-state index >= 15 is 0 Å². The molecule has 1 aromatic heterocycles. The van der Waals surface area contributed by atoms with Crippen LogP contribution in [0, 0.1) is 0 Å². The lowest BCUT2D eigenvalue weighted by atomic mass is 10.2. The fraction of sp³-hybridized carbons (Fsp3) is 0.190. The molecule has 1 N–H and O–H groups in total. The minimum Gasteiger partial charge on any atom is -0.497 e. The van der Waals surface area contributed by atoms with Crippen molar-refractivity contribution in [1.82, 2.24) is 4.98 Å². The highest BCUT2D eigenvalue weighted by molar-refractivity contribution is 7.91. The van der Waals surface area contributed by atoms with Gasteiger partial charge in [-0.15, -0.1) is 0 Å². The summed E-state index contributed by atoms with van der Waals surface area (Å²) in [5.74, 6) is 0.965. The van der Waals surface area contributed by atoms with E-state index < -0.39 is 9.84 Å². The number of benzene rings is 2. The minimum atomic E-state index is -3.84. The molecule has 0 bridgehead atoms. The molecule has 0 aliphatic rings. The van der Waals surface area contributed by atoms with Gasteiger partial charge in [0, 0.05) is 19.7 Å². The fourth-order valence-electron chi connectivity index (χ4n) is 2.58. The molecule has 0 unspecified atom stereocenters. The number of methoxy groups -OCH3 is 2. The molecule has 0 radical (unpaired) electrons. The first-order valence-corrected chi connectivity index (χ1v) is 10.4. The summed E-state index contributed by atoms with van der Waals surface area (Å²) >= 11 is 0. The molecule has 0 aliphatic heterocycles. The zero-order chi connectivity index (χ0) is 20.7. The highest BCUT2D eigenvalue weighted by atomic mass is 32.2. The lowest BCUT2D eigenvalue weighted by molar-refractivity contribution is 0.210. The number of anilines is 1. The van der Waals surface area contributed by atoms with Gasteiger partial charge in [0.1, 0.15) is 5.75 Å². The Labute approximate surface area is 169 Å². The molecule has 7 nitrogen and oxygen atoms in total. The van der Waals surface area contributed by atoms with Crippen molar-refractivity contribution in [3.05, 3.63) is 66.1 Å². The van der Waals surface area contributed by atoms with Gasteiger partial charge in [-0.1, -0.05) is 30.3 Å². The third kappa shape index (κ3) is 5.04. The molecule has 0 aliphatic carbocycles. The second-order valence-corrected chi connectivity index (χ2v) is 7.90. The number of oxazole rings is 1. The van der Waals surface area contributed by atoms with Gasteiger partial charge in [0.15, 0.2) is 0 Å². The molecule has 2 aromatic carbocycles. The molecule has 0 saturated heterocycles. The zero-order valence-corrected chi connectivity index (χ0v) is 17.0. The van der Waals surface area contributed by atoms with Crippen molar-refractivity contribution in [1.29, 1.82) is 0 Å². The number of nitrogens with one attached hydrogen (secondary N) is 1. The SMILES string of the molecule is COCCNc1oc(C=Cc2cccc(OC)c2)nc1S(=O)(=O)c1ccccc1. The van der Waals surface area contributed by atoms with E-state index in [0.717, 1.165) is 5.56 Å². The Morgan fingerprint density at radius 2 is 1.86 bits per heavy atom. The molecule has 1 heterocycles. The average molecular weight is 414 g/mol. The van der Waals surface area contributed by atoms with Gasteiger partial charge >= 0.3 is 0 Å². The Balaban J connectivity index is 1.95. The lowest BCUT2D eigenvalue weighted by Crippen LogP contribution is -2.11. The molecule has 0 spiro atoms. The fourth-order valence-corrected chi connectivity index (χ4v) is 3.88. The van der Waals surface area contributed by atoms with Crippen LogP contribution < -0.4 is 10.1 Å². The first-order chi connectivity index (χ1) is 14.0. The van der Waals surface area contributed by atoms with Gasteiger partial charge in [0.25, 0.3) is 0 Å². The standard InChI is InChI=1S/C21H22N2O5S/c1-26-14-13-22-20-21(29(24,25)18-9-4-3-5-10-18)23-19(28-20)12-11-16-7-6-8-17(15-16)27-2/h3-12,15,22H,13-14H2,1-2H3. The topological polar surface area (TPSA) is 90.7 Å². The molecule has 0 amide bonds. The zero-order valence-electron chi connectivity index (χ0n) is 16.2. The number of hydrogen-bond acceptors (Lipinski definition) is 7. The quantitative estimate of drug-likeness (QED) is 0.533. The van der Waals surface area contributed by atoms with Crippen LogP contribution in [0.1, 0.15) is 11.5 Å². The number of sulfone groups is 1. The normalized spacial score (nSPS) is 11.7. The van der Waals surface area contributed by atoms with Crippen LogP contribution in [-0.2, 0) is 14.6 Å². The second kappa shape index (κ2) is 9.40. The van der Waals surface area contributed by atoms with Crippen molar-refractivity contribution >= 4 is 27.9 Å². The molecule has 3 aromatic rings. The Hall–Kier alpha value is -3.10. The van der Waals surface area contributed by atoms with Crippen LogP contribution in [0.25, 0.3) is 12.2 Å². The molecule has 152 valence electrons. The maximum absolute atomic E-state index is 13.0. The van der Waals surface area contributed by atoms with Gasteiger partial charge in [-0.3, -0.25) is 0 Å². The van der Waals surface area contributed by atoms with Crippen LogP contribution in [0.15, 0.2) is 68.9 Å². The number of hydrogen-bond donors (Lipinski definition) is 1. The Kier molecular flexibility index (Phi) is 6.69. The van der Waals surface area contributed by atoms with Gasteiger partial charge in [-0.2, -0.15) is 4.98 Å². The summed E-state index contributed by atoms with van der Waals surface area (Å²) < 4.78 is 41.9. The summed E-state index contributed by atoms with van der Waals surface area (Å²) in [4.78, 5) is 4.36. The van der Waals surface area contributed by atoms with Crippen LogP contribution >= 0.6 is 0 Å². The smallest absolute Gasteiger partial charge is 0.233 e. The number of rotatable bonds is 9. The van der Waals surface area contributed by atoms with E-state index in [1.807, 2.05) is 24.3 Å². The summed E-state index contributed by atoms with van der Waals surface area (Å²) in [5.41, 5.74) is 0.865. The average Bonchev–Trinajstić information content (AvgIpc) is 3.17. The third-order valence-corrected chi connectivity index (χ3v) is 5.70. The predicted molar refractivity (Wildman–Crippen MR) is 111 cm³/mol. The maximum Gasteiger partial charge on any atom is 0.233 e. The monoisotopic (exact) mass is 414 g/mol. The summed E-state index contributed by atoms with van der Waals surface area (Å²) in [6.07, 6.45) is 3.38. The van der Waals surface area contributed by atoms with Crippen molar-refractivity contribution < 1.29 is 22.3 Å². The van der Waals surface area contributed by atoms with Gasteiger partial charge in [0.2, 0.25) is 26.6 Å². The molecule has 0 fully saturated rings. The van der Waals surface area contributed by atoms with Gasteiger partial charge in [0.05, 0.1) is 18.6 Å². The van der Waals surface area contributed by atoms with E-state index in [1.54, 1.807) is 44.6 Å².